The van der Waals surface area contributed by atoms with Gasteiger partial charge in [-0.15, -0.1) is 0 Å². The zero-order chi connectivity index (χ0) is 26.1. The number of aromatic nitrogens is 2. The van der Waals surface area contributed by atoms with Gasteiger partial charge in [0, 0.05) is 11.3 Å². The number of amides is 2. The molecule has 1 atom stereocenters. The summed E-state index contributed by atoms with van der Waals surface area (Å²) in [5.74, 6) is 1.04. The Labute approximate surface area is 214 Å². The average molecular weight is 499 g/mol. The van der Waals surface area contributed by atoms with Crippen LogP contribution in [0, 0.1) is 19.7 Å². The van der Waals surface area contributed by atoms with Crippen LogP contribution in [-0.4, -0.2) is 22.8 Å². The number of carbonyl (C=O) groups excluding carboxylic acids is 1. The zero-order valence-electron chi connectivity index (χ0n) is 21.1. The van der Waals surface area contributed by atoms with Gasteiger partial charge in [0.05, 0.1) is 23.9 Å². The highest BCUT2D eigenvalue weighted by Gasteiger charge is 2.36. The second-order valence-corrected chi connectivity index (χ2v) is 8.95. The highest BCUT2D eigenvalue weighted by atomic mass is 19.1. The van der Waals surface area contributed by atoms with Gasteiger partial charge in [0.15, 0.2) is 0 Å². The summed E-state index contributed by atoms with van der Waals surface area (Å²) in [6.45, 7) is 7.94. The van der Waals surface area contributed by atoms with E-state index in [0.717, 1.165) is 22.4 Å². The fourth-order valence-electron chi connectivity index (χ4n) is 4.46. The van der Waals surface area contributed by atoms with E-state index in [4.69, 9.17) is 14.2 Å². The van der Waals surface area contributed by atoms with E-state index in [0.29, 0.717) is 35.0 Å². The third-order valence-electron chi connectivity index (χ3n) is 6.36. The molecule has 1 N–H and O–H groups in total. The van der Waals surface area contributed by atoms with Gasteiger partial charge in [-0.1, -0.05) is 47.1 Å². The molecule has 1 aliphatic heterocycles. The number of rotatable bonds is 6. The molecule has 2 heterocycles. The minimum absolute atomic E-state index is 0.269. The standard InChI is InChI=1S/C29H27FN4O3/c1-5-36-23-13-10-20(11-14-23)26-25(28-32-27(33-37-28)21-8-6-7-17(2)15-21)19(4)34(29(35)31-26)22-12-9-18(3)24(30)16-22/h6-16,26H,5H2,1-4H3,(H,31,35). The van der Waals surface area contributed by atoms with Crippen LogP contribution >= 0.6 is 0 Å². The van der Waals surface area contributed by atoms with Crippen LogP contribution in [0.3, 0.4) is 0 Å². The monoisotopic (exact) mass is 498 g/mol. The van der Waals surface area contributed by atoms with Crippen molar-refractivity contribution in [2.75, 3.05) is 11.5 Å². The van der Waals surface area contributed by atoms with Crippen LogP contribution in [0.1, 0.15) is 42.5 Å². The smallest absolute Gasteiger partial charge is 0.327 e. The molecule has 0 fully saturated rings. The fraction of sp³-hybridized carbons (Fsp3) is 0.207. The molecule has 3 aromatic carbocycles. The lowest BCUT2D eigenvalue weighted by molar-refractivity contribution is 0.244. The van der Waals surface area contributed by atoms with E-state index in [2.05, 4.69) is 10.5 Å². The van der Waals surface area contributed by atoms with Crippen molar-refractivity contribution >= 4 is 17.3 Å². The third kappa shape index (κ3) is 4.70. The Morgan fingerprint density at radius 3 is 2.54 bits per heavy atom. The van der Waals surface area contributed by atoms with Gasteiger partial charge < -0.3 is 14.6 Å². The lowest BCUT2D eigenvalue weighted by Gasteiger charge is -2.35. The number of hydrogen-bond donors (Lipinski definition) is 1. The van der Waals surface area contributed by atoms with Gasteiger partial charge in [-0.2, -0.15) is 4.98 Å². The number of urea groups is 1. The molecule has 4 aromatic rings. The van der Waals surface area contributed by atoms with E-state index in [-0.39, 0.29) is 11.9 Å². The molecule has 37 heavy (non-hydrogen) atoms. The van der Waals surface area contributed by atoms with Crippen LogP contribution in [0.4, 0.5) is 14.9 Å². The first-order valence-corrected chi connectivity index (χ1v) is 12.1. The largest absolute Gasteiger partial charge is 0.494 e. The first-order valence-electron chi connectivity index (χ1n) is 12.1. The minimum Gasteiger partial charge on any atom is -0.494 e. The molecule has 7 nitrogen and oxygen atoms in total. The van der Waals surface area contributed by atoms with Crippen molar-refractivity contribution in [1.82, 2.24) is 15.5 Å². The summed E-state index contributed by atoms with van der Waals surface area (Å²) in [6, 6.07) is 19.1. The number of allylic oxidation sites excluding steroid dienone is 1. The van der Waals surface area contributed by atoms with Crippen molar-refractivity contribution in [3.63, 3.8) is 0 Å². The quantitative estimate of drug-likeness (QED) is 0.324. The Hall–Kier alpha value is -4.46. The van der Waals surface area contributed by atoms with Gasteiger partial charge in [0.1, 0.15) is 11.6 Å². The SMILES string of the molecule is CCOc1ccc(C2NC(=O)N(c3ccc(C)c(F)c3)C(C)=C2c2nc(-c3cccc(C)c3)no2)cc1. The Morgan fingerprint density at radius 1 is 1.05 bits per heavy atom. The van der Waals surface area contributed by atoms with Gasteiger partial charge in [-0.3, -0.25) is 4.90 Å². The molecule has 1 unspecified atom stereocenters. The van der Waals surface area contributed by atoms with Crippen molar-refractivity contribution in [2.24, 2.45) is 0 Å². The zero-order valence-corrected chi connectivity index (χ0v) is 21.1. The molecule has 5 rings (SSSR count). The highest BCUT2D eigenvalue weighted by Crippen LogP contribution is 2.39. The fourth-order valence-corrected chi connectivity index (χ4v) is 4.46. The molecule has 0 radical (unpaired) electrons. The summed E-state index contributed by atoms with van der Waals surface area (Å²) in [7, 11) is 0. The van der Waals surface area contributed by atoms with Gasteiger partial charge >= 0.3 is 6.03 Å². The first kappa shape index (κ1) is 24.2. The lowest BCUT2D eigenvalue weighted by Crippen LogP contribution is -2.46. The highest BCUT2D eigenvalue weighted by molar-refractivity contribution is 6.01. The van der Waals surface area contributed by atoms with Crippen LogP contribution in [0.15, 0.2) is 77.0 Å². The van der Waals surface area contributed by atoms with Crippen molar-refractivity contribution in [3.8, 4) is 17.1 Å². The third-order valence-corrected chi connectivity index (χ3v) is 6.36. The summed E-state index contributed by atoms with van der Waals surface area (Å²) >= 11 is 0. The van der Waals surface area contributed by atoms with Crippen LogP contribution in [0.2, 0.25) is 0 Å². The maximum Gasteiger partial charge on any atom is 0.327 e. The second-order valence-electron chi connectivity index (χ2n) is 8.95. The molecule has 188 valence electrons. The van der Waals surface area contributed by atoms with Crippen molar-refractivity contribution < 1.29 is 18.4 Å². The minimum atomic E-state index is -0.569. The predicted octanol–water partition coefficient (Wildman–Crippen LogP) is 6.59. The number of halogens is 1. The summed E-state index contributed by atoms with van der Waals surface area (Å²) < 4.78 is 25.8. The van der Waals surface area contributed by atoms with Crippen LogP contribution in [-0.2, 0) is 0 Å². The van der Waals surface area contributed by atoms with Gasteiger partial charge in [-0.05, 0) is 69.2 Å². The van der Waals surface area contributed by atoms with Crippen molar-refractivity contribution in [2.45, 2.75) is 33.7 Å². The van der Waals surface area contributed by atoms with E-state index < -0.39 is 11.9 Å². The van der Waals surface area contributed by atoms with E-state index in [9.17, 15) is 9.18 Å². The summed E-state index contributed by atoms with van der Waals surface area (Å²) in [5.41, 5.74) is 4.79. The summed E-state index contributed by atoms with van der Waals surface area (Å²) in [6.07, 6.45) is 0. The van der Waals surface area contributed by atoms with Crippen LogP contribution < -0.4 is 15.0 Å². The number of carbonyl (C=O) groups is 1. The van der Waals surface area contributed by atoms with Crippen molar-refractivity contribution in [1.29, 1.82) is 0 Å². The Bertz CT molecular complexity index is 1490. The number of ether oxygens (including phenoxy) is 1. The molecule has 1 aliphatic rings. The molecular weight excluding hydrogens is 471 g/mol. The molecular formula is C29H27FN4O3. The van der Waals surface area contributed by atoms with Gasteiger partial charge in [0.25, 0.3) is 5.89 Å². The van der Waals surface area contributed by atoms with E-state index >= 15 is 0 Å². The molecule has 0 bridgehead atoms. The number of nitrogens with zero attached hydrogens (tertiary/aromatic N) is 3. The number of anilines is 1. The van der Waals surface area contributed by atoms with E-state index in [1.54, 1.807) is 26.0 Å². The number of nitrogens with one attached hydrogen (secondary N) is 1. The summed E-state index contributed by atoms with van der Waals surface area (Å²) in [5, 5.41) is 7.26. The average Bonchev–Trinajstić information content (AvgIpc) is 3.36. The van der Waals surface area contributed by atoms with Crippen molar-refractivity contribution in [3.05, 3.63) is 101 Å². The number of hydrogen-bond acceptors (Lipinski definition) is 5. The molecule has 2 amide bonds. The first-order chi connectivity index (χ1) is 17.9. The topological polar surface area (TPSA) is 80.5 Å². The molecule has 1 aromatic heterocycles. The van der Waals surface area contributed by atoms with Crippen LogP contribution in [0.25, 0.3) is 17.0 Å². The number of aryl methyl sites for hydroxylation is 2. The molecule has 0 aliphatic carbocycles. The predicted molar refractivity (Wildman–Crippen MR) is 140 cm³/mol. The molecule has 0 saturated carbocycles. The molecule has 8 heteroatoms. The Kier molecular flexibility index (Phi) is 6.48. The molecule has 0 spiro atoms. The van der Waals surface area contributed by atoms with Gasteiger partial charge in [0.2, 0.25) is 5.82 Å². The maximum atomic E-state index is 14.4. The van der Waals surface area contributed by atoms with E-state index in [1.807, 2.05) is 62.4 Å². The van der Waals surface area contributed by atoms with E-state index in [1.165, 1.54) is 11.0 Å². The van der Waals surface area contributed by atoms with Gasteiger partial charge in [-0.25, -0.2) is 9.18 Å². The Morgan fingerprint density at radius 2 is 1.84 bits per heavy atom. The molecule has 0 saturated heterocycles. The lowest BCUT2D eigenvalue weighted by atomic mass is 9.94. The summed E-state index contributed by atoms with van der Waals surface area (Å²) in [4.78, 5) is 19.5. The number of benzene rings is 3. The Balaban J connectivity index is 1.64. The second kappa shape index (κ2) is 9.89. The normalized spacial score (nSPS) is 15.6. The maximum absolute atomic E-state index is 14.4. The van der Waals surface area contributed by atoms with Crippen LogP contribution in [0.5, 0.6) is 5.75 Å².